The van der Waals surface area contributed by atoms with Crippen molar-refractivity contribution in [1.82, 2.24) is 19.7 Å². The number of rotatable bonds is 6. The second-order valence-corrected chi connectivity index (χ2v) is 7.49. The van der Waals surface area contributed by atoms with Crippen LogP contribution in [-0.2, 0) is 9.47 Å². The second kappa shape index (κ2) is 8.91. The van der Waals surface area contributed by atoms with E-state index in [1.807, 2.05) is 37.4 Å². The summed E-state index contributed by atoms with van der Waals surface area (Å²) in [6, 6.07) is 12.1. The fraction of sp³-hybridized carbons (Fsp3) is 0.409. The highest BCUT2D eigenvalue weighted by atomic mass is 16.5. The molecule has 2 aromatic heterocycles. The van der Waals surface area contributed by atoms with Gasteiger partial charge >= 0.3 is 0 Å². The second-order valence-electron chi connectivity index (χ2n) is 7.49. The number of hydrogen-bond acceptors (Lipinski definition) is 7. The Hall–Kier alpha value is -2.81. The van der Waals surface area contributed by atoms with Crippen LogP contribution in [-0.4, -0.2) is 64.4 Å². The quantitative estimate of drug-likeness (QED) is 0.670. The lowest BCUT2D eigenvalue weighted by Crippen LogP contribution is -2.41. The molecule has 1 aliphatic rings. The predicted molar refractivity (Wildman–Crippen MR) is 114 cm³/mol. The third kappa shape index (κ3) is 4.35. The maximum Gasteiger partial charge on any atom is 0.164 e. The molecule has 3 heterocycles. The van der Waals surface area contributed by atoms with Crippen LogP contribution in [0.3, 0.4) is 0 Å². The van der Waals surface area contributed by atoms with Gasteiger partial charge < -0.3 is 19.5 Å². The van der Waals surface area contributed by atoms with Gasteiger partial charge in [0, 0.05) is 38.0 Å². The number of aliphatic hydroxyl groups excluding tert-OH is 1. The molecule has 0 aliphatic carbocycles. The number of methoxy groups -OCH3 is 1. The number of aromatic nitrogens is 4. The van der Waals surface area contributed by atoms with Gasteiger partial charge in [-0.05, 0) is 26.0 Å². The largest absolute Gasteiger partial charge is 0.393 e. The highest BCUT2D eigenvalue weighted by Gasteiger charge is 2.22. The average Bonchev–Trinajstić information content (AvgIpc) is 3.25. The third-order valence-corrected chi connectivity index (χ3v) is 5.16. The summed E-state index contributed by atoms with van der Waals surface area (Å²) < 4.78 is 12.8. The molecule has 30 heavy (non-hydrogen) atoms. The predicted octanol–water partition coefficient (Wildman–Crippen LogP) is 2.54. The van der Waals surface area contributed by atoms with Gasteiger partial charge in [-0.15, -0.1) is 0 Å². The van der Waals surface area contributed by atoms with Crippen molar-refractivity contribution in [3.8, 4) is 17.1 Å². The molecule has 8 nitrogen and oxygen atoms in total. The Morgan fingerprint density at radius 2 is 2.07 bits per heavy atom. The van der Waals surface area contributed by atoms with Crippen LogP contribution in [0, 0.1) is 6.92 Å². The molecule has 0 bridgehead atoms. The fourth-order valence-electron chi connectivity index (χ4n) is 3.56. The summed E-state index contributed by atoms with van der Waals surface area (Å²) in [5.41, 5.74) is 3.10. The molecule has 1 fully saturated rings. The summed E-state index contributed by atoms with van der Waals surface area (Å²) in [7, 11) is 1.54. The van der Waals surface area contributed by atoms with Crippen molar-refractivity contribution in [2.75, 3.05) is 38.3 Å². The lowest BCUT2D eigenvalue weighted by atomic mass is 10.1. The molecular formula is C22H27N5O3. The number of ether oxygens (including phenoxy) is 2. The number of hydrogen-bond donors (Lipinski definition) is 1. The first-order valence-electron chi connectivity index (χ1n) is 10.1. The number of aryl methyl sites for hydroxylation is 1. The Labute approximate surface area is 176 Å². The molecule has 1 aliphatic heterocycles. The molecular weight excluding hydrogens is 382 g/mol. The summed E-state index contributed by atoms with van der Waals surface area (Å²) in [4.78, 5) is 11.5. The Morgan fingerprint density at radius 3 is 2.80 bits per heavy atom. The summed E-state index contributed by atoms with van der Waals surface area (Å²) in [6.07, 6.45) is 1.40. The fourth-order valence-corrected chi connectivity index (χ4v) is 3.56. The minimum atomic E-state index is -0.603. The normalized spacial score (nSPS) is 17.9. The topological polar surface area (TPSA) is 85.5 Å². The summed E-state index contributed by atoms with van der Waals surface area (Å²) >= 11 is 0. The van der Waals surface area contributed by atoms with Gasteiger partial charge in [0.25, 0.3) is 0 Å². The minimum Gasteiger partial charge on any atom is -0.393 e. The minimum absolute atomic E-state index is 0.120. The third-order valence-electron chi connectivity index (χ3n) is 5.16. The van der Waals surface area contributed by atoms with Crippen LogP contribution in [0.1, 0.15) is 24.4 Å². The van der Waals surface area contributed by atoms with Gasteiger partial charge in [0.15, 0.2) is 11.6 Å². The standard InChI is InChI=1S/C22H27N5O3/c1-15-5-4-6-17(11-15)18-7-8-27(25-18)21-12-20(26-9-10-30-16(2)13-26)23-22(24-21)19(14-28)29-3/h4-8,11-12,16,19,28H,9-10,13-14H2,1-3H3/t16-,19-/m0/s1. The molecule has 2 atom stereocenters. The smallest absolute Gasteiger partial charge is 0.164 e. The van der Waals surface area contributed by atoms with Gasteiger partial charge in [-0.1, -0.05) is 23.8 Å². The van der Waals surface area contributed by atoms with E-state index in [1.54, 1.807) is 4.68 Å². The first kappa shape index (κ1) is 20.5. The summed E-state index contributed by atoms with van der Waals surface area (Å²) in [5.74, 6) is 1.83. The van der Waals surface area contributed by atoms with Crippen LogP contribution < -0.4 is 4.90 Å². The lowest BCUT2D eigenvalue weighted by Gasteiger charge is -2.32. The Bertz CT molecular complexity index is 1000. The van der Waals surface area contributed by atoms with Gasteiger partial charge in [-0.2, -0.15) is 5.10 Å². The molecule has 4 rings (SSSR count). The Kier molecular flexibility index (Phi) is 6.08. The van der Waals surface area contributed by atoms with Crippen molar-refractivity contribution in [3.05, 3.63) is 54.0 Å². The average molecular weight is 409 g/mol. The number of aliphatic hydroxyl groups is 1. The summed E-state index contributed by atoms with van der Waals surface area (Å²) in [6.45, 7) is 6.02. The lowest BCUT2D eigenvalue weighted by molar-refractivity contribution is 0.0418. The van der Waals surface area contributed by atoms with Crippen molar-refractivity contribution in [2.45, 2.75) is 26.1 Å². The van der Waals surface area contributed by atoms with E-state index in [2.05, 4.69) is 33.9 Å². The van der Waals surface area contributed by atoms with Gasteiger partial charge in [0.1, 0.15) is 11.9 Å². The van der Waals surface area contributed by atoms with E-state index in [9.17, 15) is 5.11 Å². The summed E-state index contributed by atoms with van der Waals surface area (Å²) in [5, 5.41) is 14.4. The first-order chi connectivity index (χ1) is 14.6. The Morgan fingerprint density at radius 1 is 1.23 bits per heavy atom. The molecule has 3 aromatic rings. The van der Waals surface area contributed by atoms with Crippen molar-refractivity contribution in [2.24, 2.45) is 0 Å². The van der Waals surface area contributed by atoms with Gasteiger partial charge in [-0.3, -0.25) is 0 Å². The molecule has 0 spiro atoms. The molecule has 0 unspecified atom stereocenters. The van der Waals surface area contributed by atoms with Crippen LogP contribution in [0.25, 0.3) is 17.1 Å². The highest BCUT2D eigenvalue weighted by molar-refractivity contribution is 5.60. The molecule has 1 aromatic carbocycles. The van der Waals surface area contributed by atoms with Crippen LogP contribution in [0.5, 0.6) is 0 Å². The maximum atomic E-state index is 9.70. The highest BCUT2D eigenvalue weighted by Crippen LogP contribution is 2.24. The van der Waals surface area contributed by atoms with E-state index in [4.69, 9.17) is 14.6 Å². The van der Waals surface area contributed by atoms with E-state index >= 15 is 0 Å². The molecule has 0 radical (unpaired) electrons. The van der Waals surface area contributed by atoms with Crippen molar-refractivity contribution in [3.63, 3.8) is 0 Å². The van der Waals surface area contributed by atoms with Gasteiger partial charge in [-0.25, -0.2) is 14.6 Å². The number of benzene rings is 1. The van der Waals surface area contributed by atoms with E-state index in [1.165, 1.54) is 12.7 Å². The molecule has 1 N–H and O–H groups in total. The van der Waals surface area contributed by atoms with Crippen LogP contribution in [0.2, 0.25) is 0 Å². The van der Waals surface area contributed by atoms with E-state index in [-0.39, 0.29) is 12.7 Å². The van der Waals surface area contributed by atoms with Crippen molar-refractivity contribution >= 4 is 5.82 Å². The molecule has 158 valence electrons. The number of anilines is 1. The first-order valence-corrected chi connectivity index (χ1v) is 10.1. The van der Waals surface area contributed by atoms with Gasteiger partial charge in [0.2, 0.25) is 0 Å². The Balaban J connectivity index is 1.73. The van der Waals surface area contributed by atoms with Crippen LogP contribution in [0.4, 0.5) is 5.82 Å². The van der Waals surface area contributed by atoms with Gasteiger partial charge in [0.05, 0.1) is 25.0 Å². The molecule has 0 amide bonds. The zero-order chi connectivity index (χ0) is 21.1. The maximum absolute atomic E-state index is 9.70. The van der Waals surface area contributed by atoms with Crippen molar-refractivity contribution in [1.29, 1.82) is 0 Å². The van der Waals surface area contributed by atoms with E-state index < -0.39 is 6.10 Å². The van der Waals surface area contributed by atoms with E-state index in [0.29, 0.717) is 18.2 Å². The SMILES string of the molecule is CO[C@@H](CO)c1nc(N2CCO[C@@H](C)C2)cc(-n2ccc(-c3cccc(C)c3)n2)n1. The molecule has 8 heteroatoms. The molecule has 1 saturated heterocycles. The van der Waals surface area contributed by atoms with Crippen molar-refractivity contribution < 1.29 is 14.6 Å². The number of nitrogens with zero attached hydrogens (tertiary/aromatic N) is 5. The van der Waals surface area contributed by atoms with Crippen LogP contribution >= 0.6 is 0 Å². The zero-order valence-electron chi connectivity index (χ0n) is 17.5. The zero-order valence-corrected chi connectivity index (χ0v) is 17.5. The monoisotopic (exact) mass is 409 g/mol. The molecule has 0 saturated carbocycles. The van der Waals surface area contributed by atoms with Crippen LogP contribution in [0.15, 0.2) is 42.6 Å². The number of morpholine rings is 1. The van der Waals surface area contributed by atoms with E-state index in [0.717, 1.165) is 30.2 Å².